The van der Waals surface area contributed by atoms with Crippen LogP contribution in [0.3, 0.4) is 0 Å². The number of rotatable bonds is 6. The summed E-state index contributed by atoms with van der Waals surface area (Å²) in [5.41, 5.74) is 0.914. The molecule has 27 heavy (non-hydrogen) atoms. The molecule has 0 atom stereocenters. The monoisotopic (exact) mass is 379 g/mol. The molecule has 0 radical (unpaired) electrons. The molecular weight excluding hydrogens is 363 g/mol. The molecule has 2 aromatic carbocycles. The van der Waals surface area contributed by atoms with Gasteiger partial charge in [0.1, 0.15) is 0 Å². The number of para-hydroxylation sites is 1. The van der Waals surface area contributed by atoms with E-state index in [0.29, 0.717) is 5.56 Å². The van der Waals surface area contributed by atoms with E-state index in [4.69, 9.17) is 0 Å². The molecular formula is C18H16F3N3O3. The third-order valence-corrected chi connectivity index (χ3v) is 3.43. The number of benzene rings is 2. The molecule has 0 aromatic heterocycles. The van der Waals surface area contributed by atoms with Crippen LogP contribution in [0.4, 0.5) is 18.9 Å². The Kier molecular flexibility index (Phi) is 6.53. The van der Waals surface area contributed by atoms with E-state index in [9.17, 15) is 27.6 Å². The molecule has 0 unspecified atom stereocenters. The lowest BCUT2D eigenvalue weighted by Crippen LogP contribution is -2.36. The standard InChI is InChI=1S/C18H16F3N3O3/c19-18(20,21)17(27)23-10-13-8-4-5-9-14(13)24-15(25)11-22-16(26)12-6-2-1-3-7-12/h1-9H,10-11H2,(H,22,26)(H,23,27)(H,24,25). The zero-order chi connectivity index (χ0) is 19.9. The minimum absolute atomic E-state index is 0.235. The molecule has 0 aliphatic rings. The van der Waals surface area contributed by atoms with E-state index in [2.05, 4.69) is 10.6 Å². The highest BCUT2D eigenvalue weighted by Crippen LogP contribution is 2.17. The first kappa shape index (κ1) is 20.0. The Hall–Kier alpha value is -3.36. The maximum atomic E-state index is 12.3. The van der Waals surface area contributed by atoms with Gasteiger partial charge >= 0.3 is 12.1 Å². The molecule has 2 rings (SSSR count). The predicted octanol–water partition coefficient (Wildman–Crippen LogP) is 2.23. The van der Waals surface area contributed by atoms with Gasteiger partial charge in [-0.2, -0.15) is 13.2 Å². The number of alkyl halides is 3. The van der Waals surface area contributed by atoms with Crippen LogP contribution in [0.5, 0.6) is 0 Å². The van der Waals surface area contributed by atoms with Crippen LogP contribution in [0, 0.1) is 0 Å². The molecule has 6 nitrogen and oxygen atoms in total. The summed E-state index contributed by atoms with van der Waals surface area (Å²) in [5, 5.41) is 6.67. The summed E-state index contributed by atoms with van der Waals surface area (Å²) >= 11 is 0. The van der Waals surface area contributed by atoms with Crippen LogP contribution in [0.15, 0.2) is 54.6 Å². The van der Waals surface area contributed by atoms with Gasteiger partial charge in [-0.25, -0.2) is 0 Å². The van der Waals surface area contributed by atoms with Crippen molar-refractivity contribution in [3.8, 4) is 0 Å². The van der Waals surface area contributed by atoms with Crippen LogP contribution < -0.4 is 16.0 Å². The number of hydrogen-bond donors (Lipinski definition) is 3. The van der Waals surface area contributed by atoms with Crippen LogP contribution in [0.2, 0.25) is 0 Å². The third-order valence-electron chi connectivity index (χ3n) is 3.43. The first-order valence-electron chi connectivity index (χ1n) is 7.83. The molecule has 3 amide bonds. The largest absolute Gasteiger partial charge is 0.471 e. The second kappa shape index (κ2) is 8.84. The fourth-order valence-electron chi connectivity index (χ4n) is 2.12. The number of halogens is 3. The van der Waals surface area contributed by atoms with Crippen LogP contribution in [0.1, 0.15) is 15.9 Å². The smallest absolute Gasteiger partial charge is 0.344 e. The quantitative estimate of drug-likeness (QED) is 0.719. The maximum absolute atomic E-state index is 12.3. The molecule has 0 spiro atoms. The van der Waals surface area contributed by atoms with Gasteiger partial charge in [0.15, 0.2) is 0 Å². The Bertz CT molecular complexity index is 823. The molecule has 3 N–H and O–H groups in total. The topological polar surface area (TPSA) is 87.3 Å². The first-order chi connectivity index (χ1) is 12.8. The summed E-state index contributed by atoms with van der Waals surface area (Å²) in [4.78, 5) is 34.8. The zero-order valence-electron chi connectivity index (χ0n) is 14.0. The number of amides is 3. The van der Waals surface area contributed by atoms with E-state index < -0.39 is 30.4 Å². The van der Waals surface area contributed by atoms with Gasteiger partial charge < -0.3 is 16.0 Å². The summed E-state index contributed by atoms with van der Waals surface area (Å²) in [6.45, 7) is -0.734. The Balaban J connectivity index is 1.92. The normalized spacial score (nSPS) is 10.8. The lowest BCUT2D eigenvalue weighted by Gasteiger charge is -2.13. The van der Waals surface area contributed by atoms with E-state index >= 15 is 0 Å². The van der Waals surface area contributed by atoms with Crippen molar-refractivity contribution in [2.75, 3.05) is 11.9 Å². The lowest BCUT2D eigenvalue weighted by atomic mass is 10.1. The summed E-state index contributed by atoms with van der Waals surface area (Å²) in [6.07, 6.45) is -4.99. The van der Waals surface area contributed by atoms with Crippen molar-refractivity contribution in [3.05, 3.63) is 65.7 Å². The van der Waals surface area contributed by atoms with Crippen LogP contribution in [-0.4, -0.2) is 30.4 Å². The van der Waals surface area contributed by atoms with Gasteiger partial charge in [0.25, 0.3) is 5.91 Å². The van der Waals surface area contributed by atoms with Gasteiger partial charge in [-0.3, -0.25) is 14.4 Å². The highest BCUT2D eigenvalue weighted by atomic mass is 19.4. The third kappa shape index (κ3) is 6.14. The molecule has 9 heteroatoms. The Morgan fingerprint density at radius 1 is 0.852 bits per heavy atom. The molecule has 0 fully saturated rings. The number of carbonyl (C=O) groups is 3. The van der Waals surface area contributed by atoms with Crippen molar-refractivity contribution in [3.63, 3.8) is 0 Å². The van der Waals surface area contributed by atoms with E-state index in [1.54, 1.807) is 47.8 Å². The van der Waals surface area contributed by atoms with E-state index in [1.807, 2.05) is 0 Å². The average molecular weight is 379 g/mol. The molecule has 0 aliphatic heterocycles. The predicted molar refractivity (Wildman–Crippen MR) is 91.7 cm³/mol. The number of carbonyl (C=O) groups excluding carboxylic acids is 3. The van der Waals surface area contributed by atoms with Gasteiger partial charge in [0, 0.05) is 17.8 Å². The van der Waals surface area contributed by atoms with Gasteiger partial charge in [-0.15, -0.1) is 0 Å². The fraction of sp³-hybridized carbons (Fsp3) is 0.167. The molecule has 2 aromatic rings. The second-order valence-electron chi connectivity index (χ2n) is 5.43. The fourth-order valence-corrected chi connectivity index (χ4v) is 2.12. The van der Waals surface area contributed by atoms with Crippen LogP contribution in [0.25, 0.3) is 0 Å². The molecule has 0 heterocycles. The summed E-state index contributed by atoms with van der Waals surface area (Å²) in [7, 11) is 0. The molecule has 142 valence electrons. The van der Waals surface area contributed by atoms with Crippen molar-refractivity contribution in [1.82, 2.24) is 10.6 Å². The zero-order valence-corrected chi connectivity index (χ0v) is 14.0. The van der Waals surface area contributed by atoms with Crippen molar-refractivity contribution in [1.29, 1.82) is 0 Å². The average Bonchev–Trinajstić information content (AvgIpc) is 2.65. The summed E-state index contributed by atoms with van der Waals surface area (Å²) in [5.74, 6) is -3.07. The highest BCUT2D eigenvalue weighted by molar-refractivity contribution is 5.99. The van der Waals surface area contributed by atoms with Crippen molar-refractivity contribution in [2.24, 2.45) is 0 Å². The molecule has 0 aliphatic carbocycles. The highest BCUT2D eigenvalue weighted by Gasteiger charge is 2.38. The molecule has 0 bridgehead atoms. The minimum Gasteiger partial charge on any atom is -0.344 e. The van der Waals surface area contributed by atoms with Crippen molar-refractivity contribution >= 4 is 23.4 Å². The van der Waals surface area contributed by atoms with E-state index in [0.717, 1.165) is 0 Å². The molecule has 0 saturated carbocycles. The van der Waals surface area contributed by atoms with Gasteiger partial charge in [-0.05, 0) is 23.8 Å². The van der Waals surface area contributed by atoms with E-state index in [-0.39, 0.29) is 17.8 Å². The number of hydrogen-bond acceptors (Lipinski definition) is 3. The van der Waals surface area contributed by atoms with E-state index in [1.165, 1.54) is 12.1 Å². The lowest BCUT2D eigenvalue weighted by molar-refractivity contribution is -0.173. The first-order valence-corrected chi connectivity index (χ1v) is 7.83. The van der Waals surface area contributed by atoms with Crippen LogP contribution >= 0.6 is 0 Å². The summed E-state index contributed by atoms with van der Waals surface area (Å²) < 4.78 is 36.8. The Morgan fingerprint density at radius 2 is 1.48 bits per heavy atom. The number of anilines is 1. The number of nitrogens with one attached hydrogen (secondary N) is 3. The summed E-state index contributed by atoms with van der Waals surface area (Å²) in [6, 6.07) is 14.4. The minimum atomic E-state index is -4.99. The van der Waals surface area contributed by atoms with Gasteiger partial charge in [0.2, 0.25) is 5.91 Å². The van der Waals surface area contributed by atoms with Crippen LogP contribution in [-0.2, 0) is 16.1 Å². The van der Waals surface area contributed by atoms with Crippen molar-refractivity contribution in [2.45, 2.75) is 12.7 Å². The van der Waals surface area contributed by atoms with Crippen molar-refractivity contribution < 1.29 is 27.6 Å². The van der Waals surface area contributed by atoms with Gasteiger partial charge in [-0.1, -0.05) is 36.4 Å². The second-order valence-corrected chi connectivity index (χ2v) is 5.43. The Morgan fingerprint density at radius 3 is 2.15 bits per heavy atom. The van der Waals surface area contributed by atoms with Gasteiger partial charge in [0.05, 0.1) is 6.54 Å². The molecule has 0 saturated heterocycles. The Labute approximate surface area is 152 Å². The SMILES string of the molecule is O=C(CNC(=O)c1ccccc1)Nc1ccccc1CNC(=O)C(F)(F)F. The maximum Gasteiger partial charge on any atom is 0.471 e.